The van der Waals surface area contributed by atoms with E-state index in [1.165, 1.54) is 29.7 Å². The summed E-state index contributed by atoms with van der Waals surface area (Å²) in [5, 5.41) is 26.7. The van der Waals surface area contributed by atoms with E-state index in [1.807, 2.05) is 36.0 Å². The van der Waals surface area contributed by atoms with Crippen LogP contribution in [0.4, 0.5) is 0 Å². The van der Waals surface area contributed by atoms with E-state index in [4.69, 9.17) is 21.4 Å². The number of aryl methyl sites for hydroxylation is 1. The summed E-state index contributed by atoms with van der Waals surface area (Å²) >= 11 is 7.94. The lowest BCUT2D eigenvalue weighted by molar-refractivity contribution is -0.0648. The highest BCUT2D eigenvalue weighted by molar-refractivity contribution is 7.18. The van der Waals surface area contributed by atoms with Crippen molar-refractivity contribution in [3.63, 3.8) is 0 Å². The lowest BCUT2D eigenvalue weighted by atomic mass is 9.83. The number of hydrogen-bond acceptors (Lipinski definition) is 6. The van der Waals surface area contributed by atoms with Crippen molar-refractivity contribution in [1.82, 2.24) is 14.8 Å². The van der Waals surface area contributed by atoms with Gasteiger partial charge in [-0.25, -0.2) is 14.5 Å². The summed E-state index contributed by atoms with van der Waals surface area (Å²) in [5.74, 6) is -0.434. The normalized spacial score (nSPS) is 22.0. The number of para-hydroxylation sites is 1. The first kappa shape index (κ1) is 24.6. The Morgan fingerprint density at radius 2 is 2.00 bits per heavy atom. The highest BCUT2D eigenvalue weighted by atomic mass is 35.5. The number of aromatic carboxylic acids is 1. The Morgan fingerprint density at radius 1 is 1.22 bits per heavy atom. The minimum atomic E-state index is -1.03. The quantitative estimate of drug-likeness (QED) is 0.284. The third-order valence-corrected chi connectivity index (χ3v) is 9.08. The van der Waals surface area contributed by atoms with Gasteiger partial charge in [-0.3, -0.25) is 0 Å². The second kappa shape index (κ2) is 9.51. The summed E-state index contributed by atoms with van der Waals surface area (Å²) in [6.07, 6.45) is 6.84. The van der Waals surface area contributed by atoms with Crippen LogP contribution < -0.4 is 0 Å². The van der Waals surface area contributed by atoms with E-state index in [2.05, 4.69) is 4.98 Å². The minimum absolute atomic E-state index is 0.0241. The molecule has 0 atom stereocenters. The number of carboxylic acid groups (broad SMARTS) is 1. The van der Waals surface area contributed by atoms with E-state index in [-0.39, 0.29) is 11.7 Å². The zero-order valence-corrected chi connectivity index (χ0v) is 22.1. The standard InChI is InChI=1S/C28H28ClN3O4S/c1-16-3-2-4-21(29)25(16)32-23(20(14-30-32)17-5-6-17)15-36-19-9-11-28(35,12-10-19)27-31-22-8-7-18(26(33)34)13-24(22)37-27/h2-4,7-8,13-14,17,19,35H,5-6,9-12,15H2,1H3,(H,33,34). The van der Waals surface area contributed by atoms with Crippen LogP contribution in [-0.2, 0) is 16.9 Å². The summed E-state index contributed by atoms with van der Waals surface area (Å²) in [7, 11) is 0. The Labute approximate surface area is 223 Å². The number of carboxylic acids is 1. The van der Waals surface area contributed by atoms with E-state index in [0.29, 0.717) is 53.8 Å². The van der Waals surface area contributed by atoms with Crippen LogP contribution in [0.3, 0.4) is 0 Å². The van der Waals surface area contributed by atoms with Crippen LogP contribution in [0.2, 0.25) is 5.02 Å². The number of ether oxygens (including phenoxy) is 1. The number of fused-ring (bicyclic) bond motifs is 1. The molecule has 6 rings (SSSR count). The molecule has 2 aromatic heterocycles. The zero-order chi connectivity index (χ0) is 25.7. The topological polar surface area (TPSA) is 97.5 Å². The second-order valence-corrected chi connectivity index (χ2v) is 11.6. The minimum Gasteiger partial charge on any atom is -0.478 e. The molecule has 192 valence electrons. The predicted molar refractivity (Wildman–Crippen MR) is 143 cm³/mol. The molecule has 0 radical (unpaired) electrons. The third-order valence-electron chi connectivity index (χ3n) is 7.57. The number of halogens is 1. The van der Waals surface area contributed by atoms with Gasteiger partial charge in [0.25, 0.3) is 0 Å². The highest BCUT2D eigenvalue weighted by Crippen LogP contribution is 2.44. The number of aromatic nitrogens is 3. The van der Waals surface area contributed by atoms with Crippen LogP contribution in [0.1, 0.15) is 76.6 Å². The average Bonchev–Trinajstić information content (AvgIpc) is 3.49. The molecule has 0 spiro atoms. The number of carbonyl (C=O) groups is 1. The molecule has 2 aliphatic rings. The van der Waals surface area contributed by atoms with Crippen molar-refractivity contribution in [2.75, 3.05) is 0 Å². The molecule has 0 aliphatic heterocycles. The summed E-state index contributed by atoms with van der Waals surface area (Å²) in [6, 6.07) is 10.8. The van der Waals surface area contributed by atoms with Gasteiger partial charge in [0.1, 0.15) is 10.6 Å². The summed E-state index contributed by atoms with van der Waals surface area (Å²) in [4.78, 5) is 15.9. The highest BCUT2D eigenvalue weighted by Gasteiger charge is 2.38. The molecule has 37 heavy (non-hydrogen) atoms. The maximum atomic E-state index is 11.4. The van der Waals surface area contributed by atoms with Gasteiger partial charge in [0.15, 0.2) is 0 Å². The molecule has 2 fully saturated rings. The van der Waals surface area contributed by atoms with E-state index in [0.717, 1.165) is 21.6 Å². The Kier molecular flexibility index (Phi) is 6.31. The number of nitrogens with zero attached hydrogens (tertiary/aromatic N) is 3. The largest absolute Gasteiger partial charge is 0.478 e. The van der Waals surface area contributed by atoms with Crippen LogP contribution in [0.5, 0.6) is 0 Å². The fourth-order valence-electron chi connectivity index (χ4n) is 5.25. The SMILES string of the molecule is Cc1cccc(Cl)c1-n1ncc(C2CC2)c1COC1CCC(O)(c2nc3ccc(C(=O)O)cc3s2)CC1. The van der Waals surface area contributed by atoms with Gasteiger partial charge in [-0.2, -0.15) is 5.10 Å². The monoisotopic (exact) mass is 537 g/mol. The van der Waals surface area contributed by atoms with Crippen molar-refractivity contribution in [1.29, 1.82) is 0 Å². The maximum absolute atomic E-state index is 11.4. The van der Waals surface area contributed by atoms with Crippen molar-refractivity contribution >= 4 is 39.1 Å². The molecule has 0 amide bonds. The Bertz CT molecular complexity index is 1460. The smallest absolute Gasteiger partial charge is 0.335 e. The molecule has 2 aromatic carbocycles. The molecular formula is C28H28ClN3O4S. The molecule has 0 saturated heterocycles. The van der Waals surface area contributed by atoms with Gasteiger partial charge in [0, 0.05) is 0 Å². The fraction of sp³-hybridized carbons (Fsp3) is 0.393. The van der Waals surface area contributed by atoms with E-state index in [1.54, 1.807) is 18.2 Å². The van der Waals surface area contributed by atoms with Crippen LogP contribution in [0.15, 0.2) is 42.6 Å². The van der Waals surface area contributed by atoms with Crippen molar-refractivity contribution in [2.45, 2.75) is 69.7 Å². The molecule has 2 aliphatic carbocycles. The lowest BCUT2D eigenvalue weighted by Crippen LogP contribution is -2.34. The predicted octanol–water partition coefficient (Wildman–Crippen LogP) is 6.37. The summed E-state index contributed by atoms with van der Waals surface area (Å²) in [5.41, 5.74) is 4.17. The molecule has 7 nitrogen and oxygen atoms in total. The van der Waals surface area contributed by atoms with Crippen LogP contribution in [-0.4, -0.2) is 37.1 Å². The lowest BCUT2D eigenvalue weighted by Gasteiger charge is -2.34. The number of thiazole rings is 1. The first-order chi connectivity index (χ1) is 17.8. The molecule has 2 saturated carbocycles. The molecule has 2 heterocycles. The molecule has 4 aromatic rings. The van der Waals surface area contributed by atoms with Crippen molar-refractivity contribution in [3.05, 3.63) is 75.0 Å². The summed E-state index contributed by atoms with van der Waals surface area (Å²) in [6.45, 7) is 2.48. The summed E-state index contributed by atoms with van der Waals surface area (Å²) < 4.78 is 9.14. The first-order valence-corrected chi connectivity index (χ1v) is 13.8. The number of benzene rings is 2. The van der Waals surface area contributed by atoms with Crippen molar-refractivity contribution in [3.8, 4) is 5.69 Å². The van der Waals surface area contributed by atoms with E-state index < -0.39 is 11.6 Å². The fourth-order valence-corrected chi connectivity index (χ4v) is 6.71. The molecular weight excluding hydrogens is 510 g/mol. The Balaban J connectivity index is 1.17. The van der Waals surface area contributed by atoms with Gasteiger partial charge in [-0.05, 0) is 86.8 Å². The molecule has 0 unspecified atom stereocenters. The van der Waals surface area contributed by atoms with Gasteiger partial charge >= 0.3 is 5.97 Å². The molecule has 2 N–H and O–H groups in total. The van der Waals surface area contributed by atoms with Gasteiger partial charge in [-0.1, -0.05) is 23.7 Å². The molecule has 9 heteroatoms. The molecule has 0 bridgehead atoms. The van der Waals surface area contributed by atoms with Crippen molar-refractivity contribution < 1.29 is 19.7 Å². The maximum Gasteiger partial charge on any atom is 0.335 e. The van der Waals surface area contributed by atoms with Crippen LogP contribution >= 0.6 is 22.9 Å². The Morgan fingerprint density at radius 3 is 2.70 bits per heavy atom. The van der Waals surface area contributed by atoms with Gasteiger partial charge in [-0.15, -0.1) is 11.3 Å². The number of hydrogen-bond donors (Lipinski definition) is 2. The average molecular weight is 538 g/mol. The first-order valence-electron chi connectivity index (χ1n) is 12.6. The van der Waals surface area contributed by atoms with Gasteiger partial charge in [0.2, 0.25) is 0 Å². The Hall–Kier alpha value is -2.78. The van der Waals surface area contributed by atoms with Gasteiger partial charge < -0.3 is 14.9 Å². The zero-order valence-electron chi connectivity index (χ0n) is 20.5. The van der Waals surface area contributed by atoms with Crippen LogP contribution in [0.25, 0.3) is 15.9 Å². The number of rotatable bonds is 7. The van der Waals surface area contributed by atoms with Crippen molar-refractivity contribution in [2.24, 2.45) is 0 Å². The van der Waals surface area contributed by atoms with Gasteiger partial charge in [0.05, 0.1) is 51.1 Å². The number of aliphatic hydroxyl groups is 1. The van der Waals surface area contributed by atoms with E-state index >= 15 is 0 Å². The van der Waals surface area contributed by atoms with Crippen LogP contribution in [0, 0.1) is 6.92 Å². The third kappa shape index (κ3) is 4.68. The second-order valence-electron chi connectivity index (χ2n) is 10.2. The van der Waals surface area contributed by atoms with E-state index in [9.17, 15) is 15.0 Å².